The van der Waals surface area contributed by atoms with Gasteiger partial charge in [0.05, 0.1) is 13.2 Å². The van der Waals surface area contributed by atoms with Gasteiger partial charge in [-0.15, -0.1) is 0 Å². The minimum absolute atomic E-state index is 0.00810. The lowest BCUT2D eigenvalue weighted by Crippen LogP contribution is -2.44. The molecule has 0 aromatic heterocycles. The fraction of sp³-hybridized carbons (Fsp3) is 0.200. The Kier molecular flexibility index (Phi) is 9.12. The zero-order valence-corrected chi connectivity index (χ0v) is 25.3. The highest BCUT2D eigenvalue weighted by atomic mass is 31.2. The van der Waals surface area contributed by atoms with E-state index in [1.165, 1.54) is 6.08 Å². The summed E-state index contributed by atoms with van der Waals surface area (Å²) in [5.74, 6) is -0.397. The Morgan fingerprint density at radius 1 is 0.911 bits per heavy atom. The smallest absolute Gasteiger partial charge is 0.460 e. The third-order valence-electron chi connectivity index (χ3n) is 7.65. The number of carbonyl (C=O) groups excluding carboxylic acids is 2. The number of alkyl carbamates (subject to hydrolysis) is 1. The van der Waals surface area contributed by atoms with Crippen LogP contribution in [-0.4, -0.2) is 31.3 Å². The van der Waals surface area contributed by atoms with Crippen molar-refractivity contribution in [3.05, 3.63) is 138 Å². The van der Waals surface area contributed by atoms with Crippen LogP contribution in [0.3, 0.4) is 0 Å². The van der Waals surface area contributed by atoms with Crippen molar-refractivity contribution in [3.8, 4) is 16.9 Å². The molecule has 1 unspecified atom stereocenters. The van der Waals surface area contributed by atoms with E-state index in [-0.39, 0.29) is 38.8 Å². The first-order chi connectivity index (χ1) is 21.9. The fourth-order valence-corrected chi connectivity index (χ4v) is 6.70. The van der Waals surface area contributed by atoms with E-state index >= 15 is 0 Å². The van der Waals surface area contributed by atoms with Crippen molar-refractivity contribution in [2.75, 3.05) is 13.2 Å². The Balaban J connectivity index is 1.10. The van der Waals surface area contributed by atoms with E-state index in [2.05, 4.69) is 24.0 Å². The lowest BCUT2D eigenvalue weighted by Gasteiger charge is -2.25. The molecule has 0 radical (unpaired) electrons. The molecular weight excluding hydrogens is 593 g/mol. The van der Waals surface area contributed by atoms with Gasteiger partial charge in [-0.2, -0.15) is 0 Å². The number of ether oxygens (including phenoxy) is 2. The van der Waals surface area contributed by atoms with Crippen LogP contribution in [0.2, 0.25) is 0 Å². The van der Waals surface area contributed by atoms with E-state index in [1.54, 1.807) is 18.2 Å². The van der Waals surface area contributed by atoms with Crippen molar-refractivity contribution in [1.29, 1.82) is 0 Å². The largest absolute Gasteiger partial charge is 0.530 e. The Morgan fingerprint density at radius 3 is 2.31 bits per heavy atom. The molecule has 2 aliphatic rings. The first kappa shape index (κ1) is 30.3. The highest BCUT2D eigenvalue weighted by molar-refractivity contribution is 7.49. The molecule has 1 aliphatic carbocycles. The molecule has 1 aliphatic heterocycles. The van der Waals surface area contributed by atoms with Gasteiger partial charge in [0.2, 0.25) is 0 Å². The van der Waals surface area contributed by atoms with Crippen LogP contribution in [0.5, 0.6) is 5.75 Å². The van der Waals surface area contributed by atoms with Crippen LogP contribution >= 0.6 is 7.82 Å². The molecule has 4 aromatic rings. The molecule has 0 spiro atoms. The summed E-state index contributed by atoms with van der Waals surface area (Å²) < 4.78 is 40.6. The molecule has 2 atom stereocenters. The maximum Gasteiger partial charge on any atom is 0.530 e. The molecular formula is C35H32NO8P. The summed E-state index contributed by atoms with van der Waals surface area (Å²) in [5.41, 5.74) is 6.56. The van der Waals surface area contributed by atoms with Crippen molar-refractivity contribution in [3.63, 3.8) is 0 Å². The van der Waals surface area contributed by atoms with E-state index in [0.29, 0.717) is 16.9 Å². The van der Waals surface area contributed by atoms with Crippen LogP contribution in [0.25, 0.3) is 11.1 Å². The number of amides is 1. The summed E-state index contributed by atoms with van der Waals surface area (Å²) in [6.45, 7) is 3.74. The number of hydrogen-bond donors (Lipinski definition) is 1. The Morgan fingerprint density at radius 2 is 1.60 bits per heavy atom. The van der Waals surface area contributed by atoms with E-state index in [0.717, 1.165) is 27.8 Å². The van der Waals surface area contributed by atoms with Crippen LogP contribution in [0.4, 0.5) is 4.79 Å². The minimum Gasteiger partial charge on any atom is -0.460 e. The molecule has 45 heavy (non-hydrogen) atoms. The topological polar surface area (TPSA) is 109 Å². The first-order valence-electron chi connectivity index (χ1n) is 14.6. The average molecular weight is 626 g/mol. The first-order valence-corrected chi connectivity index (χ1v) is 16.0. The van der Waals surface area contributed by atoms with Crippen LogP contribution in [0.15, 0.2) is 110 Å². The van der Waals surface area contributed by atoms with Gasteiger partial charge in [0, 0.05) is 17.9 Å². The van der Waals surface area contributed by atoms with Gasteiger partial charge in [0.15, 0.2) is 0 Å². The zero-order chi connectivity index (χ0) is 31.2. The van der Waals surface area contributed by atoms with Crippen molar-refractivity contribution < 1.29 is 37.2 Å². The lowest BCUT2D eigenvalue weighted by atomic mass is 9.98. The number of nitrogens with one attached hydrogen (secondary N) is 1. The van der Waals surface area contributed by atoms with Crippen LogP contribution in [0.1, 0.15) is 33.7 Å². The molecule has 0 bridgehead atoms. The van der Waals surface area contributed by atoms with E-state index in [9.17, 15) is 14.2 Å². The van der Waals surface area contributed by atoms with Crippen LogP contribution in [0, 0.1) is 0 Å². The molecule has 0 saturated carbocycles. The number of benzene rings is 4. The van der Waals surface area contributed by atoms with E-state index in [1.807, 2.05) is 66.7 Å². The Hall–Kier alpha value is -4.69. The molecule has 1 N–H and O–H groups in total. The normalized spacial score (nSPS) is 17.2. The number of carbonyl (C=O) groups is 2. The monoisotopic (exact) mass is 625 g/mol. The predicted octanol–water partition coefficient (Wildman–Crippen LogP) is 7.10. The number of esters is 1. The molecule has 10 heteroatoms. The molecule has 230 valence electrons. The molecule has 0 saturated heterocycles. The maximum atomic E-state index is 13.0. The Labute approximate surface area is 261 Å². The predicted molar refractivity (Wildman–Crippen MR) is 168 cm³/mol. The minimum atomic E-state index is -3.82. The summed E-state index contributed by atoms with van der Waals surface area (Å²) in [6, 6.07) is 29.5. The van der Waals surface area contributed by atoms with Gasteiger partial charge in [-0.25, -0.2) is 14.2 Å². The maximum absolute atomic E-state index is 13.0. The SMILES string of the molecule is C=CCOC(=O)[C@H](Cc1ccc2c(c1)COP(=O)(OCc1ccccc1)O2)NC(=O)OCC1c2ccccc2-c2ccccc21. The molecule has 9 nitrogen and oxygen atoms in total. The van der Waals surface area contributed by atoms with Gasteiger partial charge in [-0.3, -0.25) is 9.05 Å². The van der Waals surface area contributed by atoms with Gasteiger partial charge in [0.1, 0.15) is 25.0 Å². The molecule has 1 amide bonds. The second-order valence-corrected chi connectivity index (χ2v) is 12.3. The summed E-state index contributed by atoms with van der Waals surface area (Å²) in [6.07, 6.45) is 0.822. The van der Waals surface area contributed by atoms with Crippen molar-refractivity contribution in [1.82, 2.24) is 5.32 Å². The van der Waals surface area contributed by atoms with E-state index < -0.39 is 25.9 Å². The quantitative estimate of drug-likeness (QED) is 0.107. The van der Waals surface area contributed by atoms with Crippen LogP contribution < -0.4 is 9.84 Å². The second-order valence-electron chi connectivity index (χ2n) is 10.7. The number of hydrogen-bond acceptors (Lipinski definition) is 8. The van der Waals surface area contributed by atoms with Gasteiger partial charge in [-0.05, 0) is 45.5 Å². The van der Waals surface area contributed by atoms with Crippen LogP contribution in [-0.2, 0) is 47.5 Å². The molecule has 1 heterocycles. The van der Waals surface area contributed by atoms with Gasteiger partial charge in [-0.1, -0.05) is 97.6 Å². The second kappa shape index (κ2) is 13.5. The molecule has 6 rings (SSSR count). The zero-order valence-electron chi connectivity index (χ0n) is 24.4. The van der Waals surface area contributed by atoms with E-state index in [4.69, 9.17) is 23.0 Å². The molecule has 4 aromatic carbocycles. The van der Waals surface area contributed by atoms with Crippen molar-refractivity contribution in [2.24, 2.45) is 0 Å². The summed E-state index contributed by atoms with van der Waals surface area (Å²) >= 11 is 0. The highest BCUT2D eigenvalue weighted by Crippen LogP contribution is 2.55. The Bertz CT molecular complexity index is 1710. The van der Waals surface area contributed by atoms with Crippen molar-refractivity contribution >= 4 is 19.9 Å². The summed E-state index contributed by atoms with van der Waals surface area (Å²) in [4.78, 5) is 26.0. The average Bonchev–Trinajstić information content (AvgIpc) is 3.39. The van der Waals surface area contributed by atoms with Gasteiger partial charge < -0.3 is 19.3 Å². The number of phosphoric ester groups is 1. The van der Waals surface area contributed by atoms with Gasteiger partial charge in [0.25, 0.3) is 0 Å². The molecule has 0 fully saturated rings. The number of fused-ring (bicyclic) bond motifs is 4. The fourth-order valence-electron chi connectivity index (χ4n) is 5.50. The van der Waals surface area contributed by atoms with Crippen molar-refractivity contribution in [2.45, 2.75) is 31.6 Å². The van der Waals surface area contributed by atoms with Gasteiger partial charge >= 0.3 is 19.9 Å². The standard InChI is InChI=1S/C35H32NO8P/c1-2-18-40-34(37)32(36-35(38)41-23-31-29-14-8-6-12-27(29)28-13-7-9-15-30(28)31)20-25-16-17-33-26(19-25)22-43-45(39,44-33)42-21-24-10-4-3-5-11-24/h2-17,19,31-32H,1,18,20-23H2,(H,36,38)/t32-,45?/m0/s1. The summed E-state index contributed by atoms with van der Waals surface area (Å²) in [7, 11) is -3.82. The number of rotatable bonds is 11. The lowest BCUT2D eigenvalue weighted by molar-refractivity contribution is -0.144. The number of phosphoric acid groups is 1. The third kappa shape index (κ3) is 7.02. The summed E-state index contributed by atoms with van der Waals surface area (Å²) in [5, 5.41) is 2.67. The third-order valence-corrected chi connectivity index (χ3v) is 8.96. The highest BCUT2D eigenvalue weighted by Gasteiger charge is 2.35.